The van der Waals surface area contributed by atoms with Crippen molar-refractivity contribution in [2.45, 2.75) is 44.6 Å². The van der Waals surface area contributed by atoms with E-state index in [2.05, 4.69) is 12.1 Å². The van der Waals surface area contributed by atoms with Crippen LogP contribution in [-0.2, 0) is 5.60 Å². The summed E-state index contributed by atoms with van der Waals surface area (Å²) >= 11 is 6.15. The molecule has 204 valence electrons. The number of benzene rings is 4. The fourth-order valence-corrected chi connectivity index (χ4v) is 6.51. The van der Waals surface area contributed by atoms with Crippen molar-refractivity contribution in [2.24, 2.45) is 11.3 Å². The van der Waals surface area contributed by atoms with E-state index in [0.717, 1.165) is 22.3 Å². The van der Waals surface area contributed by atoms with Crippen molar-refractivity contribution >= 4 is 17.4 Å². The van der Waals surface area contributed by atoms with Gasteiger partial charge in [-0.25, -0.2) is 0 Å². The molecule has 5 rings (SSSR count). The molecule has 1 aliphatic rings. The molecule has 4 nitrogen and oxygen atoms in total. The van der Waals surface area contributed by atoms with E-state index in [0.29, 0.717) is 21.7 Å². The van der Waals surface area contributed by atoms with Crippen molar-refractivity contribution < 1.29 is 9.90 Å². The van der Waals surface area contributed by atoms with Gasteiger partial charge in [0.15, 0.2) is 11.2 Å². The molecular formula is C36H31ClN2O2. The number of nitriles is 2. The summed E-state index contributed by atoms with van der Waals surface area (Å²) < 4.78 is 0. The molecule has 1 fully saturated rings. The lowest BCUT2D eigenvalue weighted by molar-refractivity contribution is -0.0783. The predicted molar refractivity (Wildman–Crippen MR) is 160 cm³/mol. The number of hydrogen-bond acceptors (Lipinski definition) is 4. The molecule has 4 aromatic rings. The zero-order valence-electron chi connectivity index (χ0n) is 23.3. The Morgan fingerprint density at radius 3 is 1.71 bits per heavy atom. The van der Waals surface area contributed by atoms with E-state index in [4.69, 9.17) is 11.6 Å². The zero-order chi connectivity index (χ0) is 29.4. The van der Waals surface area contributed by atoms with Crippen LogP contribution in [-0.4, -0.2) is 10.9 Å². The highest BCUT2D eigenvalue weighted by Gasteiger charge is 2.64. The van der Waals surface area contributed by atoms with Crippen LogP contribution in [0.15, 0.2) is 97.1 Å². The Hall–Kier alpha value is -4.22. The van der Waals surface area contributed by atoms with Crippen LogP contribution < -0.4 is 0 Å². The molecule has 1 saturated carbocycles. The Labute approximate surface area is 246 Å². The van der Waals surface area contributed by atoms with E-state index >= 15 is 0 Å². The van der Waals surface area contributed by atoms with Crippen LogP contribution >= 0.6 is 11.6 Å². The number of Topliss-reactive ketones (excluding diaryl/α,β-unsaturated/α-hetero) is 1. The molecule has 0 heterocycles. The van der Waals surface area contributed by atoms with E-state index in [1.807, 2.05) is 93.6 Å². The van der Waals surface area contributed by atoms with Gasteiger partial charge in [-0.15, -0.1) is 0 Å². The quantitative estimate of drug-likeness (QED) is 0.252. The van der Waals surface area contributed by atoms with E-state index in [9.17, 15) is 20.4 Å². The number of aryl methyl sites for hydroxylation is 3. The minimum Gasteiger partial charge on any atom is -0.384 e. The molecule has 0 aliphatic heterocycles. The maximum absolute atomic E-state index is 14.6. The first-order valence-corrected chi connectivity index (χ1v) is 14.1. The van der Waals surface area contributed by atoms with Gasteiger partial charge >= 0.3 is 0 Å². The van der Waals surface area contributed by atoms with Gasteiger partial charge in [-0.05, 0) is 68.1 Å². The van der Waals surface area contributed by atoms with Crippen LogP contribution in [0.3, 0.4) is 0 Å². The Morgan fingerprint density at radius 2 is 1.22 bits per heavy atom. The number of hydrogen-bond donors (Lipinski definition) is 1. The largest absolute Gasteiger partial charge is 0.384 e. The number of carbonyl (C=O) groups excluding carboxylic acids is 1. The summed E-state index contributed by atoms with van der Waals surface area (Å²) in [5.41, 5.74) is 2.11. The second-order valence-corrected chi connectivity index (χ2v) is 11.7. The van der Waals surface area contributed by atoms with Gasteiger partial charge in [-0.1, -0.05) is 101 Å². The predicted octanol–water partition coefficient (Wildman–Crippen LogP) is 7.96. The topological polar surface area (TPSA) is 84.9 Å². The van der Waals surface area contributed by atoms with Gasteiger partial charge in [0, 0.05) is 22.4 Å². The van der Waals surface area contributed by atoms with Crippen LogP contribution in [0, 0.1) is 54.8 Å². The molecule has 0 saturated heterocycles. The Kier molecular flexibility index (Phi) is 7.58. The molecule has 0 radical (unpaired) electrons. The van der Waals surface area contributed by atoms with Crippen molar-refractivity contribution in [3.63, 3.8) is 0 Å². The summed E-state index contributed by atoms with van der Waals surface area (Å²) in [5, 5.41) is 35.2. The first kappa shape index (κ1) is 28.3. The van der Waals surface area contributed by atoms with Gasteiger partial charge in [0.05, 0.1) is 18.1 Å². The SMILES string of the molecule is Cc1ccc([C@H]2C[C@@](O)(c3ccc(C)cc3)[C@H](C(=O)c3ccc(Cl)cc3)[C@@H](c3ccc(C)cc3)C2(C#N)C#N)cc1. The number of halogens is 1. The molecule has 0 unspecified atom stereocenters. The smallest absolute Gasteiger partial charge is 0.169 e. The van der Waals surface area contributed by atoms with Crippen LogP contribution in [0.2, 0.25) is 5.02 Å². The Morgan fingerprint density at radius 1 is 0.756 bits per heavy atom. The minimum atomic E-state index is -1.69. The standard InChI is InChI=1S/C36H31ClN2O2/c1-23-4-10-26(11-5-23)31-20-36(41,29-16-8-25(3)9-17-29)33(34(40)28-14-18-30(37)19-15-28)32(35(31,21-38)22-39)27-12-6-24(2)7-13-27/h4-19,31-33,41H,20H2,1-3H3/t31-,32-,33+,36-/m1/s1. The van der Waals surface area contributed by atoms with Gasteiger partial charge in [-0.3, -0.25) is 4.79 Å². The Bertz CT molecular complexity index is 1630. The third-order valence-electron chi connectivity index (χ3n) is 8.65. The van der Waals surface area contributed by atoms with Crippen molar-refractivity contribution in [3.8, 4) is 12.1 Å². The molecule has 0 amide bonds. The molecule has 41 heavy (non-hydrogen) atoms. The Balaban J connectivity index is 1.85. The molecule has 0 bridgehead atoms. The fourth-order valence-electron chi connectivity index (χ4n) is 6.38. The van der Waals surface area contributed by atoms with Gasteiger partial charge in [-0.2, -0.15) is 10.5 Å². The van der Waals surface area contributed by atoms with Crippen molar-refractivity contribution in [1.29, 1.82) is 10.5 Å². The first-order chi connectivity index (χ1) is 19.6. The van der Waals surface area contributed by atoms with Crippen LogP contribution in [0.4, 0.5) is 0 Å². The molecule has 4 atom stereocenters. The van der Waals surface area contributed by atoms with Crippen molar-refractivity contribution in [1.82, 2.24) is 0 Å². The molecule has 1 N–H and O–H groups in total. The second kappa shape index (κ2) is 11.0. The number of rotatable bonds is 5. The number of nitrogens with zero attached hydrogens (tertiary/aromatic N) is 2. The lowest BCUT2D eigenvalue weighted by atomic mass is 9.48. The van der Waals surface area contributed by atoms with Crippen LogP contribution in [0.1, 0.15) is 62.0 Å². The van der Waals surface area contributed by atoms with E-state index in [-0.39, 0.29) is 12.2 Å². The maximum Gasteiger partial charge on any atom is 0.169 e. The van der Waals surface area contributed by atoms with Gasteiger partial charge in [0.1, 0.15) is 5.60 Å². The molecule has 0 aromatic heterocycles. The maximum atomic E-state index is 14.6. The van der Waals surface area contributed by atoms with Gasteiger partial charge in [0.25, 0.3) is 0 Å². The highest BCUT2D eigenvalue weighted by Crippen LogP contribution is 2.63. The molecule has 4 aromatic carbocycles. The third-order valence-corrected chi connectivity index (χ3v) is 8.90. The molecule has 5 heteroatoms. The van der Waals surface area contributed by atoms with E-state index in [1.54, 1.807) is 24.3 Å². The first-order valence-electron chi connectivity index (χ1n) is 13.7. The fraction of sp³-hybridized carbons (Fsp3) is 0.250. The summed E-state index contributed by atoms with van der Waals surface area (Å²) in [6.45, 7) is 5.90. The molecule has 0 spiro atoms. The lowest BCUT2D eigenvalue weighted by Gasteiger charge is -2.53. The highest BCUT2D eigenvalue weighted by atomic mass is 35.5. The molecule has 1 aliphatic carbocycles. The number of carbonyl (C=O) groups is 1. The summed E-state index contributed by atoms with van der Waals surface area (Å²) in [4.78, 5) is 14.6. The average molecular weight is 559 g/mol. The normalized spacial score (nSPS) is 23.2. The zero-order valence-corrected chi connectivity index (χ0v) is 24.1. The van der Waals surface area contributed by atoms with Gasteiger partial charge in [0.2, 0.25) is 0 Å². The van der Waals surface area contributed by atoms with Gasteiger partial charge < -0.3 is 5.11 Å². The second-order valence-electron chi connectivity index (χ2n) is 11.3. The molecular weight excluding hydrogens is 528 g/mol. The van der Waals surface area contributed by atoms with Crippen molar-refractivity contribution in [3.05, 3.63) is 141 Å². The van der Waals surface area contributed by atoms with Crippen LogP contribution in [0.5, 0.6) is 0 Å². The summed E-state index contributed by atoms with van der Waals surface area (Å²) in [6, 6.07) is 34.2. The summed E-state index contributed by atoms with van der Waals surface area (Å²) in [7, 11) is 0. The highest BCUT2D eigenvalue weighted by molar-refractivity contribution is 6.30. The average Bonchev–Trinajstić information content (AvgIpc) is 2.98. The van der Waals surface area contributed by atoms with E-state index in [1.165, 1.54) is 0 Å². The third kappa shape index (κ3) is 4.95. The van der Waals surface area contributed by atoms with Crippen LogP contribution in [0.25, 0.3) is 0 Å². The summed E-state index contributed by atoms with van der Waals surface area (Å²) in [6.07, 6.45) is 0.0204. The van der Waals surface area contributed by atoms with Crippen molar-refractivity contribution in [2.75, 3.05) is 0 Å². The number of aliphatic hydroxyl groups is 1. The summed E-state index contributed by atoms with van der Waals surface area (Å²) in [5.74, 6) is -3.08. The lowest BCUT2D eigenvalue weighted by Crippen LogP contribution is -2.55. The monoisotopic (exact) mass is 558 g/mol. The minimum absolute atomic E-state index is 0.0204. The number of ketones is 1. The van der Waals surface area contributed by atoms with E-state index < -0.39 is 28.8 Å².